The number of nitrogens with zero attached hydrogens (tertiary/aromatic N) is 1. The molecule has 4 heteroatoms. The summed E-state index contributed by atoms with van der Waals surface area (Å²) < 4.78 is 5.60. The minimum absolute atomic E-state index is 0.515. The minimum Gasteiger partial charge on any atom is -0.486 e. The molecule has 2 rings (SSSR count). The maximum absolute atomic E-state index is 5.79. The average molecular weight is 254 g/mol. The van der Waals surface area contributed by atoms with Crippen LogP contribution in [0.2, 0.25) is 5.02 Å². The normalized spacial score (nSPS) is 10.4. The van der Waals surface area contributed by atoms with Crippen LogP contribution in [0.3, 0.4) is 0 Å². The predicted octanol–water partition coefficient (Wildman–Crippen LogP) is 3.99. The molecule has 2 aromatic rings. The Morgan fingerprint density at radius 1 is 1.25 bits per heavy atom. The van der Waals surface area contributed by atoms with Crippen LogP contribution in [0.1, 0.15) is 15.6 Å². The number of hydrogen-bond donors (Lipinski definition) is 0. The topological polar surface area (TPSA) is 22.1 Å². The molecule has 0 saturated carbocycles. The SMILES string of the molecule is Cc1nc(COc2ccc(Cl)cc2)sc1C. The standard InChI is InChI=1S/C12H12ClNOS/c1-8-9(2)16-12(14-8)7-15-11-5-3-10(13)4-6-11/h3-6H,7H2,1-2H3. The van der Waals surface area contributed by atoms with Gasteiger partial charge in [-0.05, 0) is 38.1 Å². The smallest absolute Gasteiger partial charge is 0.140 e. The summed E-state index contributed by atoms with van der Waals surface area (Å²) >= 11 is 7.46. The van der Waals surface area contributed by atoms with E-state index in [-0.39, 0.29) is 0 Å². The molecule has 0 aliphatic carbocycles. The molecule has 0 saturated heterocycles. The first-order chi connectivity index (χ1) is 7.65. The lowest BCUT2D eigenvalue weighted by atomic mass is 10.3. The quantitative estimate of drug-likeness (QED) is 0.825. The summed E-state index contributed by atoms with van der Waals surface area (Å²) in [5, 5.41) is 1.72. The molecule has 0 N–H and O–H groups in total. The Bertz CT molecular complexity index is 459. The van der Waals surface area contributed by atoms with Crippen LogP contribution in [0, 0.1) is 13.8 Å². The molecular formula is C12H12ClNOS. The van der Waals surface area contributed by atoms with Crippen molar-refractivity contribution < 1.29 is 4.74 Å². The van der Waals surface area contributed by atoms with Gasteiger partial charge in [0.25, 0.3) is 0 Å². The number of halogens is 1. The molecule has 84 valence electrons. The molecule has 0 spiro atoms. The third-order valence-corrected chi connectivity index (χ3v) is 3.55. The van der Waals surface area contributed by atoms with E-state index in [0.29, 0.717) is 11.6 Å². The lowest BCUT2D eigenvalue weighted by Gasteiger charge is -2.03. The van der Waals surface area contributed by atoms with E-state index in [1.165, 1.54) is 4.88 Å². The van der Waals surface area contributed by atoms with Crippen molar-refractivity contribution in [2.75, 3.05) is 0 Å². The van der Waals surface area contributed by atoms with Gasteiger partial charge in [-0.15, -0.1) is 11.3 Å². The van der Waals surface area contributed by atoms with Crippen LogP contribution >= 0.6 is 22.9 Å². The Balaban J connectivity index is 1.99. The fourth-order valence-electron chi connectivity index (χ4n) is 1.28. The second kappa shape index (κ2) is 4.85. The monoisotopic (exact) mass is 253 g/mol. The van der Waals surface area contributed by atoms with Gasteiger partial charge in [0.2, 0.25) is 0 Å². The Labute approximate surface area is 104 Å². The van der Waals surface area contributed by atoms with Gasteiger partial charge < -0.3 is 4.74 Å². The first-order valence-electron chi connectivity index (χ1n) is 4.96. The Morgan fingerprint density at radius 2 is 1.94 bits per heavy atom. The van der Waals surface area contributed by atoms with Crippen molar-refractivity contribution in [3.63, 3.8) is 0 Å². The van der Waals surface area contributed by atoms with E-state index in [1.807, 2.05) is 31.2 Å². The number of benzene rings is 1. The van der Waals surface area contributed by atoms with E-state index in [2.05, 4.69) is 11.9 Å². The fraction of sp³-hybridized carbons (Fsp3) is 0.250. The van der Waals surface area contributed by atoms with Crippen molar-refractivity contribution >= 4 is 22.9 Å². The van der Waals surface area contributed by atoms with Crippen molar-refractivity contribution in [2.45, 2.75) is 20.5 Å². The molecule has 1 aromatic heterocycles. The van der Waals surface area contributed by atoms with E-state index < -0.39 is 0 Å². The largest absolute Gasteiger partial charge is 0.486 e. The van der Waals surface area contributed by atoms with Crippen LogP contribution < -0.4 is 4.74 Å². The Kier molecular flexibility index (Phi) is 3.46. The van der Waals surface area contributed by atoms with E-state index in [1.54, 1.807) is 11.3 Å². The van der Waals surface area contributed by atoms with Crippen LogP contribution in [0.25, 0.3) is 0 Å². The number of thiazole rings is 1. The third-order valence-electron chi connectivity index (χ3n) is 2.25. The number of hydrogen-bond acceptors (Lipinski definition) is 3. The highest BCUT2D eigenvalue weighted by atomic mass is 35.5. The first-order valence-corrected chi connectivity index (χ1v) is 6.16. The second-order valence-electron chi connectivity index (χ2n) is 3.49. The molecule has 0 amide bonds. The van der Waals surface area contributed by atoms with Crippen molar-refractivity contribution in [3.05, 3.63) is 44.9 Å². The van der Waals surface area contributed by atoms with Gasteiger partial charge in [0.05, 0.1) is 5.69 Å². The van der Waals surface area contributed by atoms with E-state index in [4.69, 9.17) is 16.3 Å². The van der Waals surface area contributed by atoms with Crippen molar-refractivity contribution in [3.8, 4) is 5.75 Å². The molecule has 0 aliphatic heterocycles. The number of ether oxygens (including phenoxy) is 1. The molecule has 1 heterocycles. The number of aromatic nitrogens is 1. The predicted molar refractivity (Wildman–Crippen MR) is 67.4 cm³/mol. The molecule has 2 nitrogen and oxygen atoms in total. The van der Waals surface area contributed by atoms with Crippen LogP contribution in [0.4, 0.5) is 0 Å². The highest BCUT2D eigenvalue weighted by Gasteiger charge is 2.04. The van der Waals surface area contributed by atoms with Gasteiger partial charge >= 0.3 is 0 Å². The van der Waals surface area contributed by atoms with Gasteiger partial charge in [-0.25, -0.2) is 4.98 Å². The van der Waals surface area contributed by atoms with Gasteiger partial charge in [-0.2, -0.15) is 0 Å². The summed E-state index contributed by atoms with van der Waals surface area (Å²) in [6.07, 6.45) is 0. The summed E-state index contributed by atoms with van der Waals surface area (Å²) in [5.41, 5.74) is 1.08. The van der Waals surface area contributed by atoms with E-state index >= 15 is 0 Å². The molecule has 0 atom stereocenters. The van der Waals surface area contributed by atoms with E-state index in [9.17, 15) is 0 Å². The van der Waals surface area contributed by atoms with Crippen molar-refractivity contribution in [2.24, 2.45) is 0 Å². The molecule has 16 heavy (non-hydrogen) atoms. The van der Waals surface area contributed by atoms with Crippen LogP contribution in [-0.4, -0.2) is 4.98 Å². The summed E-state index contributed by atoms with van der Waals surface area (Å²) in [6, 6.07) is 7.34. The lowest BCUT2D eigenvalue weighted by molar-refractivity contribution is 0.305. The molecule has 0 unspecified atom stereocenters. The van der Waals surface area contributed by atoms with Crippen molar-refractivity contribution in [1.82, 2.24) is 4.98 Å². The fourth-order valence-corrected chi connectivity index (χ4v) is 2.25. The summed E-state index contributed by atoms with van der Waals surface area (Å²) in [4.78, 5) is 5.66. The molecule has 0 radical (unpaired) electrons. The first kappa shape index (κ1) is 11.4. The van der Waals surface area contributed by atoms with Gasteiger partial charge in [0, 0.05) is 9.90 Å². The highest BCUT2D eigenvalue weighted by molar-refractivity contribution is 7.11. The highest BCUT2D eigenvalue weighted by Crippen LogP contribution is 2.20. The van der Waals surface area contributed by atoms with Crippen molar-refractivity contribution in [1.29, 1.82) is 0 Å². The van der Waals surface area contributed by atoms with Gasteiger partial charge in [0.15, 0.2) is 0 Å². The minimum atomic E-state index is 0.515. The average Bonchev–Trinajstić information content (AvgIpc) is 2.58. The number of aryl methyl sites for hydroxylation is 2. The van der Waals surface area contributed by atoms with Crippen LogP contribution in [-0.2, 0) is 6.61 Å². The molecule has 0 bridgehead atoms. The summed E-state index contributed by atoms with van der Waals surface area (Å²) in [7, 11) is 0. The zero-order chi connectivity index (χ0) is 11.5. The second-order valence-corrected chi connectivity index (χ2v) is 5.22. The molecule has 0 fully saturated rings. The maximum atomic E-state index is 5.79. The zero-order valence-corrected chi connectivity index (χ0v) is 10.7. The van der Waals surface area contributed by atoms with E-state index in [0.717, 1.165) is 16.5 Å². The Hall–Kier alpha value is -1.06. The zero-order valence-electron chi connectivity index (χ0n) is 9.16. The molecule has 1 aromatic carbocycles. The number of rotatable bonds is 3. The third kappa shape index (κ3) is 2.74. The van der Waals surface area contributed by atoms with Gasteiger partial charge in [-0.1, -0.05) is 11.6 Å². The summed E-state index contributed by atoms with van der Waals surface area (Å²) in [5.74, 6) is 0.815. The van der Waals surface area contributed by atoms with Crippen LogP contribution in [0.15, 0.2) is 24.3 Å². The lowest BCUT2D eigenvalue weighted by Crippen LogP contribution is -1.94. The van der Waals surface area contributed by atoms with Gasteiger partial charge in [-0.3, -0.25) is 0 Å². The van der Waals surface area contributed by atoms with Gasteiger partial charge in [0.1, 0.15) is 17.4 Å². The molecule has 0 aliphatic rings. The molecular weight excluding hydrogens is 242 g/mol. The maximum Gasteiger partial charge on any atom is 0.140 e. The Morgan fingerprint density at radius 3 is 2.50 bits per heavy atom. The van der Waals surface area contributed by atoms with Crippen LogP contribution in [0.5, 0.6) is 5.75 Å². The summed E-state index contributed by atoms with van der Waals surface area (Å²) in [6.45, 7) is 4.59.